The third-order valence-electron chi connectivity index (χ3n) is 7.15. The lowest BCUT2D eigenvalue weighted by Gasteiger charge is -2.12. The lowest BCUT2D eigenvalue weighted by atomic mass is 10.1. The fourth-order valence-electron chi connectivity index (χ4n) is 4.56. The molecule has 0 radical (unpaired) electrons. The molecule has 3 rings (SSSR count). The van der Waals surface area contributed by atoms with Gasteiger partial charge in [0.1, 0.15) is 0 Å². The zero-order chi connectivity index (χ0) is 33.7. The molecule has 1 aliphatic rings. The molecular formula is C34H44N4O9. The molecule has 0 bridgehead atoms. The first-order valence-electron chi connectivity index (χ1n) is 16.0. The van der Waals surface area contributed by atoms with Gasteiger partial charge in [-0.3, -0.25) is 24.0 Å². The molecule has 1 aliphatic heterocycles. The van der Waals surface area contributed by atoms with Gasteiger partial charge in [0.2, 0.25) is 11.8 Å². The van der Waals surface area contributed by atoms with Crippen LogP contribution < -0.4 is 16.0 Å². The van der Waals surface area contributed by atoms with Crippen molar-refractivity contribution >= 4 is 35.5 Å². The normalized spacial score (nSPS) is 12.6. The molecule has 47 heavy (non-hydrogen) atoms. The molecule has 13 heteroatoms. The van der Waals surface area contributed by atoms with Crippen molar-refractivity contribution in [1.29, 1.82) is 0 Å². The van der Waals surface area contributed by atoms with Crippen molar-refractivity contribution in [3.8, 4) is 0 Å². The minimum atomic E-state index is -0.869. The van der Waals surface area contributed by atoms with Crippen LogP contribution >= 0.6 is 0 Å². The topological polar surface area (TPSA) is 169 Å². The summed E-state index contributed by atoms with van der Waals surface area (Å²) < 4.78 is 10.9. The Morgan fingerprint density at radius 1 is 0.617 bits per heavy atom. The highest BCUT2D eigenvalue weighted by atomic mass is 16.7. The molecule has 1 saturated heterocycles. The summed E-state index contributed by atoms with van der Waals surface area (Å²) in [6.07, 6.45) is 5.23. The number of nitrogens with one attached hydrogen (secondary N) is 3. The second kappa shape index (κ2) is 21.2. The van der Waals surface area contributed by atoms with Crippen LogP contribution in [0.4, 0.5) is 0 Å². The van der Waals surface area contributed by atoms with Crippen molar-refractivity contribution < 1.29 is 43.1 Å². The average Bonchev–Trinajstić information content (AvgIpc) is 3.39. The molecule has 3 N–H and O–H groups in total. The van der Waals surface area contributed by atoms with E-state index in [1.54, 1.807) is 0 Å². The smallest absolute Gasteiger partial charge is 0.363 e. The van der Waals surface area contributed by atoms with Gasteiger partial charge in [-0.2, -0.15) is 0 Å². The molecule has 0 atom stereocenters. The van der Waals surface area contributed by atoms with E-state index in [1.165, 1.54) is 29.8 Å². The molecule has 2 aromatic carbocycles. The molecule has 0 spiro atoms. The van der Waals surface area contributed by atoms with Gasteiger partial charge in [-0.25, -0.2) is 4.79 Å². The molecule has 0 aromatic heterocycles. The Morgan fingerprint density at radius 2 is 1.19 bits per heavy atom. The Kier molecular flexibility index (Phi) is 16.6. The first-order chi connectivity index (χ1) is 22.8. The number of rotatable bonds is 22. The Hall–Kier alpha value is -4.62. The van der Waals surface area contributed by atoms with Crippen LogP contribution in [0.15, 0.2) is 54.6 Å². The summed E-state index contributed by atoms with van der Waals surface area (Å²) in [6.45, 7) is 2.48. The zero-order valence-corrected chi connectivity index (χ0v) is 26.6. The number of carbonyl (C=O) groups is 6. The van der Waals surface area contributed by atoms with Crippen molar-refractivity contribution in [3.63, 3.8) is 0 Å². The maximum absolute atomic E-state index is 12.3. The van der Waals surface area contributed by atoms with E-state index in [1.807, 2.05) is 18.2 Å². The number of nitrogens with zero attached hydrogens (tertiary/aromatic N) is 1. The van der Waals surface area contributed by atoms with Crippen molar-refractivity contribution in [2.24, 2.45) is 0 Å². The first-order valence-corrected chi connectivity index (χ1v) is 16.0. The third-order valence-corrected chi connectivity index (χ3v) is 7.15. The number of benzene rings is 2. The molecule has 254 valence electrons. The summed E-state index contributed by atoms with van der Waals surface area (Å²) in [4.78, 5) is 76.4. The lowest BCUT2D eigenvalue weighted by molar-refractivity contribution is -0.172. The average molecular weight is 653 g/mol. The SMILES string of the molecule is O=C(CCCC(=O)NCCOCCOCCNC(=O)c1ccc(C(=O)ON2C(=O)CCC2=O)cc1)NCCCCCc1ccccc1. The number of unbranched alkanes of at least 4 members (excludes halogenated alkanes) is 2. The van der Waals surface area contributed by atoms with Crippen LogP contribution in [0.25, 0.3) is 0 Å². The Morgan fingerprint density at radius 3 is 1.83 bits per heavy atom. The quantitative estimate of drug-likeness (QED) is 0.128. The van der Waals surface area contributed by atoms with Crippen LogP contribution in [-0.4, -0.2) is 86.6 Å². The van der Waals surface area contributed by atoms with E-state index in [-0.39, 0.29) is 55.7 Å². The van der Waals surface area contributed by atoms with E-state index in [9.17, 15) is 28.8 Å². The molecule has 0 aliphatic carbocycles. The van der Waals surface area contributed by atoms with Crippen LogP contribution in [0, 0.1) is 0 Å². The summed E-state index contributed by atoms with van der Waals surface area (Å²) in [5.41, 5.74) is 1.73. The summed E-state index contributed by atoms with van der Waals surface area (Å²) in [5.74, 6) is -2.53. The third kappa shape index (κ3) is 14.6. The van der Waals surface area contributed by atoms with Crippen molar-refractivity contribution in [2.45, 2.75) is 57.8 Å². The monoisotopic (exact) mass is 652 g/mol. The molecule has 1 heterocycles. The maximum Gasteiger partial charge on any atom is 0.363 e. The van der Waals surface area contributed by atoms with E-state index in [0.717, 1.165) is 25.7 Å². The first kappa shape index (κ1) is 36.8. The van der Waals surface area contributed by atoms with Crippen LogP contribution in [0.3, 0.4) is 0 Å². The van der Waals surface area contributed by atoms with Crippen molar-refractivity contribution in [3.05, 3.63) is 71.3 Å². The predicted molar refractivity (Wildman–Crippen MR) is 171 cm³/mol. The number of amides is 5. The molecule has 2 aromatic rings. The highest BCUT2D eigenvalue weighted by Gasteiger charge is 2.33. The molecule has 13 nitrogen and oxygen atoms in total. The van der Waals surface area contributed by atoms with Gasteiger partial charge < -0.3 is 30.3 Å². The van der Waals surface area contributed by atoms with Crippen LogP contribution in [-0.2, 0) is 39.9 Å². The van der Waals surface area contributed by atoms with E-state index >= 15 is 0 Å². The van der Waals surface area contributed by atoms with Crippen molar-refractivity contribution in [2.75, 3.05) is 46.1 Å². The highest BCUT2D eigenvalue weighted by Crippen LogP contribution is 2.15. The minimum absolute atomic E-state index is 0.00325. The minimum Gasteiger partial charge on any atom is -0.377 e. The molecular weight excluding hydrogens is 608 g/mol. The molecule has 0 saturated carbocycles. The maximum atomic E-state index is 12.3. The Labute approximate surface area is 274 Å². The van der Waals surface area contributed by atoms with Gasteiger partial charge in [-0.1, -0.05) is 36.8 Å². The molecule has 0 unspecified atom stereocenters. The number of ether oxygens (including phenoxy) is 2. The number of hydrogen-bond donors (Lipinski definition) is 3. The molecule has 1 fully saturated rings. The zero-order valence-electron chi connectivity index (χ0n) is 26.6. The van der Waals surface area contributed by atoms with Gasteiger partial charge in [-0.15, -0.1) is 5.06 Å². The Balaban J connectivity index is 1.09. The number of hydroxylamine groups is 2. The predicted octanol–water partition coefficient (Wildman–Crippen LogP) is 2.49. The summed E-state index contributed by atoms with van der Waals surface area (Å²) in [6, 6.07) is 16.0. The van der Waals surface area contributed by atoms with E-state index in [0.29, 0.717) is 56.4 Å². The van der Waals surface area contributed by atoms with E-state index in [4.69, 9.17) is 14.3 Å². The largest absolute Gasteiger partial charge is 0.377 e. The standard InChI is InChI=1S/C34H44N4O9/c39-29(35-19-6-2-5-10-26-8-3-1-4-9-26)11-7-12-30(40)36-20-22-45-24-25-46-23-21-37-33(43)27-13-15-28(16-14-27)34(44)47-38-31(41)17-18-32(38)42/h1,3-4,8-9,13-16H,2,5-7,10-12,17-25H2,(H,35,39)(H,36,40)(H,37,43). The van der Waals surface area contributed by atoms with Crippen LogP contribution in [0.1, 0.15) is 77.6 Å². The van der Waals surface area contributed by atoms with Gasteiger partial charge in [0.25, 0.3) is 17.7 Å². The van der Waals surface area contributed by atoms with E-state index < -0.39 is 17.8 Å². The summed E-state index contributed by atoms with van der Waals surface area (Å²) in [5, 5.41) is 8.84. The van der Waals surface area contributed by atoms with Crippen molar-refractivity contribution in [1.82, 2.24) is 21.0 Å². The van der Waals surface area contributed by atoms with Gasteiger partial charge in [0, 0.05) is 50.9 Å². The second-order valence-electron chi connectivity index (χ2n) is 10.9. The summed E-state index contributed by atoms with van der Waals surface area (Å²) in [7, 11) is 0. The van der Waals surface area contributed by atoms with Crippen LogP contribution in [0.2, 0.25) is 0 Å². The second-order valence-corrected chi connectivity index (χ2v) is 10.9. The van der Waals surface area contributed by atoms with E-state index in [2.05, 4.69) is 28.1 Å². The fourth-order valence-corrected chi connectivity index (χ4v) is 4.56. The van der Waals surface area contributed by atoms with Gasteiger partial charge in [0.05, 0.1) is 32.0 Å². The molecule has 5 amide bonds. The summed E-state index contributed by atoms with van der Waals surface area (Å²) >= 11 is 0. The number of aryl methyl sites for hydroxylation is 1. The van der Waals surface area contributed by atoms with Gasteiger partial charge in [-0.05, 0) is 55.5 Å². The Bertz CT molecular complexity index is 1300. The van der Waals surface area contributed by atoms with Gasteiger partial charge in [0.15, 0.2) is 0 Å². The van der Waals surface area contributed by atoms with Gasteiger partial charge >= 0.3 is 5.97 Å². The lowest BCUT2D eigenvalue weighted by Crippen LogP contribution is -2.32. The number of imide groups is 1. The highest BCUT2D eigenvalue weighted by molar-refractivity contribution is 6.03. The number of carbonyl (C=O) groups excluding carboxylic acids is 6. The van der Waals surface area contributed by atoms with Crippen LogP contribution in [0.5, 0.6) is 0 Å². The fraction of sp³-hybridized carbons (Fsp3) is 0.471. The number of hydrogen-bond acceptors (Lipinski definition) is 9.